The van der Waals surface area contributed by atoms with Crippen LogP contribution in [0.4, 0.5) is 11.5 Å². The Kier molecular flexibility index (Phi) is 3.59. The van der Waals surface area contributed by atoms with Gasteiger partial charge in [0.25, 0.3) is 5.88 Å². The number of hydrogen-bond acceptors (Lipinski definition) is 6. The van der Waals surface area contributed by atoms with E-state index in [0.717, 1.165) is 19.3 Å². The SMILES string of the molecule is CCCOc1nc(C2CC2)nc(NC)c1[N+](=O)[O-]. The predicted molar refractivity (Wildman–Crippen MR) is 66.0 cm³/mol. The van der Waals surface area contributed by atoms with E-state index in [-0.39, 0.29) is 17.4 Å². The van der Waals surface area contributed by atoms with Gasteiger partial charge in [-0.25, -0.2) is 4.98 Å². The third kappa shape index (κ3) is 2.49. The Balaban J connectivity index is 2.42. The summed E-state index contributed by atoms with van der Waals surface area (Å²) < 4.78 is 5.38. The molecule has 0 aliphatic heterocycles. The van der Waals surface area contributed by atoms with Gasteiger partial charge in [-0.05, 0) is 19.3 Å². The monoisotopic (exact) mass is 252 g/mol. The number of rotatable bonds is 6. The van der Waals surface area contributed by atoms with E-state index in [0.29, 0.717) is 18.3 Å². The number of ether oxygens (including phenoxy) is 1. The molecule has 1 aliphatic rings. The van der Waals surface area contributed by atoms with Gasteiger partial charge in [-0.2, -0.15) is 4.98 Å². The molecule has 0 unspecified atom stereocenters. The molecule has 2 rings (SSSR count). The van der Waals surface area contributed by atoms with Crippen molar-refractivity contribution >= 4 is 11.5 Å². The van der Waals surface area contributed by atoms with E-state index in [2.05, 4.69) is 15.3 Å². The average molecular weight is 252 g/mol. The zero-order valence-corrected chi connectivity index (χ0v) is 10.5. The van der Waals surface area contributed by atoms with Crippen LogP contribution < -0.4 is 10.1 Å². The first-order valence-corrected chi connectivity index (χ1v) is 6.04. The maximum absolute atomic E-state index is 11.1. The molecule has 1 aromatic heterocycles. The van der Waals surface area contributed by atoms with Crippen LogP contribution in [0, 0.1) is 10.1 Å². The number of nitro groups is 1. The summed E-state index contributed by atoms with van der Waals surface area (Å²) in [6.45, 7) is 2.35. The van der Waals surface area contributed by atoms with E-state index in [1.807, 2.05) is 6.92 Å². The van der Waals surface area contributed by atoms with Crippen LogP contribution in [0.3, 0.4) is 0 Å². The summed E-state index contributed by atoms with van der Waals surface area (Å²) in [5.41, 5.74) is -0.185. The zero-order chi connectivity index (χ0) is 13.1. The first-order valence-electron chi connectivity index (χ1n) is 6.04. The Morgan fingerprint density at radius 3 is 2.72 bits per heavy atom. The van der Waals surface area contributed by atoms with Crippen LogP contribution in [-0.2, 0) is 0 Å². The van der Waals surface area contributed by atoms with Gasteiger partial charge in [-0.15, -0.1) is 0 Å². The van der Waals surface area contributed by atoms with Crippen LogP contribution >= 0.6 is 0 Å². The Labute approximate surface area is 105 Å². The highest BCUT2D eigenvalue weighted by Gasteiger charge is 2.32. The van der Waals surface area contributed by atoms with Crippen molar-refractivity contribution < 1.29 is 9.66 Å². The lowest BCUT2D eigenvalue weighted by Gasteiger charge is -2.09. The minimum absolute atomic E-state index is 0.0723. The molecule has 7 nitrogen and oxygen atoms in total. The van der Waals surface area contributed by atoms with Crippen molar-refractivity contribution in [1.29, 1.82) is 0 Å². The zero-order valence-electron chi connectivity index (χ0n) is 10.5. The minimum Gasteiger partial charge on any atom is -0.473 e. The molecule has 0 bridgehead atoms. The molecule has 1 aromatic rings. The van der Waals surface area contributed by atoms with Crippen LogP contribution in [0.2, 0.25) is 0 Å². The number of anilines is 1. The van der Waals surface area contributed by atoms with E-state index in [1.165, 1.54) is 0 Å². The molecule has 1 heterocycles. The van der Waals surface area contributed by atoms with Gasteiger partial charge in [0, 0.05) is 13.0 Å². The molecule has 0 atom stereocenters. The average Bonchev–Trinajstić information content (AvgIpc) is 3.18. The van der Waals surface area contributed by atoms with Crippen LogP contribution in [0.1, 0.15) is 37.9 Å². The fraction of sp³-hybridized carbons (Fsp3) is 0.636. The van der Waals surface area contributed by atoms with Crippen molar-refractivity contribution in [3.63, 3.8) is 0 Å². The summed E-state index contributed by atoms with van der Waals surface area (Å²) in [7, 11) is 1.61. The lowest BCUT2D eigenvalue weighted by molar-refractivity contribution is -0.385. The second-order valence-electron chi connectivity index (χ2n) is 4.21. The summed E-state index contributed by atoms with van der Waals surface area (Å²) in [5.74, 6) is 1.25. The van der Waals surface area contributed by atoms with E-state index in [4.69, 9.17) is 4.74 Å². The molecular formula is C11H16N4O3. The highest BCUT2D eigenvalue weighted by atomic mass is 16.6. The molecule has 1 fully saturated rings. The number of hydrogen-bond donors (Lipinski definition) is 1. The van der Waals surface area contributed by atoms with Crippen LogP contribution in [0.5, 0.6) is 5.88 Å². The highest BCUT2D eigenvalue weighted by molar-refractivity contribution is 5.61. The van der Waals surface area contributed by atoms with Gasteiger partial charge in [0.1, 0.15) is 5.82 Å². The Bertz CT molecular complexity index is 460. The number of aromatic nitrogens is 2. The molecule has 1 aliphatic carbocycles. The molecule has 98 valence electrons. The van der Waals surface area contributed by atoms with E-state index in [9.17, 15) is 10.1 Å². The molecule has 18 heavy (non-hydrogen) atoms. The lowest BCUT2D eigenvalue weighted by atomic mass is 10.3. The molecule has 1 saturated carbocycles. The Morgan fingerprint density at radius 1 is 1.50 bits per heavy atom. The fourth-order valence-corrected chi connectivity index (χ4v) is 1.61. The van der Waals surface area contributed by atoms with E-state index in [1.54, 1.807) is 7.05 Å². The molecule has 7 heteroatoms. The van der Waals surface area contributed by atoms with Gasteiger partial charge in [-0.3, -0.25) is 10.1 Å². The quantitative estimate of drug-likeness (QED) is 0.615. The Hall–Kier alpha value is -1.92. The summed E-state index contributed by atoms with van der Waals surface area (Å²) in [4.78, 5) is 18.9. The second-order valence-corrected chi connectivity index (χ2v) is 4.21. The molecular weight excluding hydrogens is 236 g/mol. The predicted octanol–water partition coefficient (Wildman–Crippen LogP) is 2.09. The second kappa shape index (κ2) is 5.16. The smallest absolute Gasteiger partial charge is 0.372 e. The van der Waals surface area contributed by atoms with Crippen molar-refractivity contribution in [2.45, 2.75) is 32.1 Å². The van der Waals surface area contributed by atoms with Gasteiger partial charge in [0.15, 0.2) is 0 Å². The van der Waals surface area contributed by atoms with Crippen molar-refractivity contribution in [2.24, 2.45) is 0 Å². The number of nitrogens with one attached hydrogen (secondary N) is 1. The molecule has 0 amide bonds. The third-order valence-electron chi connectivity index (χ3n) is 2.67. The topological polar surface area (TPSA) is 90.2 Å². The van der Waals surface area contributed by atoms with Crippen molar-refractivity contribution in [3.05, 3.63) is 15.9 Å². The summed E-state index contributed by atoms with van der Waals surface area (Å²) in [6.07, 6.45) is 2.84. The van der Waals surface area contributed by atoms with Crippen LogP contribution in [-0.4, -0.2) is 28.5 Å². The molecule has 0 radical (unpaired) electrons. The fourth-order valence-electron chi connectivity index (χ4n) is 1.61. The van der Waals surface area contributed by atoms with Gasteiger partial charge < -0.3 is 10.1 Å². The van der Waals surface area contributed by atoms with Gasteiger partial charge in [0.2, 0.25) is 5.82 Å². The molecule has 0 spiro atoms. The Morgan fingerprint density at radius 2 is 2.22 bits per heavy atom. The van der Waals surface area contributed by atoms with Gasteiger partial charge in [-0.1, -0.05) is 6.92 Å². The molecule has 0 aromatic carbocycles. The molecule has 0 saturated heterocycles. The van der Waals surface area contributed by atoms with Crippen molar-refractivity contribution in [2.75, 3.05) is 19.0 Å². The minimum atomic E-state index is -0.506. The summed E-state index contributed by atoms with van der Waals surface area (Å²) in [5, 5.41) is 13.8. The van der Waals surface area contributed by atoms with Crippen LogP contribution in [0.15, 0.2) is 0 Å². The maximum Gasteiger partial charge on any atom is 0.372 e. The first-order chi connectivity index (χ1) is 8.67. The van der Waals surface area contributed by atoms with Crippen molar-refractivity contribution in [1.82, 2.24) is 9.97 Å². The van der Waals surface area contributed by atoms with Crippen molar-refractivity contribution in [3.8, 4) is 5.88 Å². The normalized spacial score (nSPS) is 14.3. The van der Waals surface area contributed by atoms with Gasteiger partial charge in [0.05, 0.1) is 11.5 Å². The largest absolute Gasteiger partial charge is 0.473 e. The third-order valence-corrected chi connectivity index (χ3v) is 2.67. The number of nitrogens with zero attached hydrogens (tertiary/aromatic N) is 3. The maximum atomic E-state index is 11.1. The van der Waals surface area contributed by atoms with E-state index < -0.39 is 4.92 Å². The van der Waals surface area contributed by atoms with Crippen LogP contribution in [0.25, 0.3) is 0 Å². The van der Waals surface area contributed by atoms with E-state index >= 15 is 0 Å². The highest BCUT2D eigenvalue weighted by Crippen LogP contribution is 2.41. The summed E-state index contributed by atoms with van der Waals surface area (Å²) in [6, 6.07) is 0. The van der Waals surface area contributed by atoms with Gasteiger partial charge >= 0.3 is 5.69 Å². The standard InChI is InChI=1S/C11H16N4O3/c1-3-6-18-11-8(15(16)17)10(12-2)13-9(14-11)7-4-5-7/h7H,3-6H2,1-2H3,(H,12,13,14). The molecule has 1 N–H and O–H groups in total. The summed E-state index contributed by atoms with van der Waals surface area (Å²) >= 11 is 0. The first kappa shape index (κ1) is 12.5. The lowest BCUT2D eigenvalue weighted by Crippen LogP contribution is -2.09.